The van der Waals surface area contributed by atoms with E-state index in [-0.39, 0.29) is 6.42 Å². The van der Waals surface area contributed by atoms with Gasteiger partial charge in [0.25, 0.3) is 5.91 Å². The summed E-state index contributed by atoms with van der Waals surface area (Å²) < 4.78 is 27.8. The van der Waals surface area contributed by atoms with Crippen LogP contribution in [0.25, 0.3) is 11.1 Å². The molecule has 2 rings (SSSR count). The molecule has 0 fully saturated rings. The first-order chi connectivity index (χ1) is 12.2. The van der Waals surface area contributed by atoms with Gasteiger partial charge in [-0.15, -0.1) is 0 Å². The Morgan fingerprint density at radius 3 is 2.38 bits per heavy atom. The molecule has 1 unspecified atom stereocenters. The number of hydroxylamine groups is 1. The average molecular weight is 377 g/mol. The molecule has 140 valence electrons. The highest BCUT2D eigenvalue weighted by Gasteiger charge is 2.43. The van der Waals surface area contributed by atoms with Crippen LogP contribution in [0, 0.1) is 0 Å². The van der Waals surface area contributed by atoms with E-state index in [1.54, 1.807) is 7.11 Å². The summed E-state index contributed by atoms with van der Waals surface area (Å²) in [5.74, 6) is -0.269. The lowest BCUT2D eigenvalue weighted by atomic mass is 9.97. The van der Waals surface area contributed by atoms with Crippen LogP contribution in [-0.2, 0) is 21.1 Å². The highest BCUT2D eigenvalue weighted by atomic mass is 32.2. The molecule has 0 spiro atoms. The maximum absolute atomic E-state index is 12.0. The number of ether oxygens (including phenoxy) is 1. The minimum Gasteiger partial charge on any atom is -0.496 e. The van der Waals surface area contributed by atoms with E-state index in [2.05, 4.69) is 0 Å². The Balaban J connectivity index is 2.29. The Morgan fingerprint density at radius 2 is 1.85 bits per heavy atom. The van der Waals surface area contributed by atoms with Gasteiger partial charge in [0.2, 0.25) is 0 Å². The summed E-state index contributed by atoms with van der Waals surface area (Å²) in [6.07, 6.45) is 1.36. The highest BCUT2D eigenvalue weighted by Crippen LogP contribution is 2.32. The number of methoxy groups -OCH3 is 1. The molecule has 2 N–H and O–H groups in total. The van der Waals surface area contributed by atoms with Gasteiger partial charge < -0.3 is 4.74 Å². The van der Waals surface area contributed by atoms with Gasteiger partial charge in [-0.2, -0.15) is 0 Å². The van der Waals surface area contributed by atoms with Crippen LogP contribution in [-0.4, -0.2) is 37.6 Å². The summed E-state index contributed by atoms with van der Waals surface area (Å²) in [6, 6.07) is 15.4. The maximum Gasteiger partial charge on any atom is 0.264 e. The van der Waals surface area contributed by atoms with E-state index < -0.39 is 20.5 Å². The number of carbonyl (C=O) groups excluding carboxylic acids is 1. The molecule has 2 aromatic rings. The van der Waals surface area contributed by atoms with Gasteiger partial charge in [-0.25, -0.2) is 13.9 Å². The van der Waals surface area contributed by atoms with Crippen LogP contribution >= 0.6 is 0 Å². The Morgan fingerprint density at radius 1 is 1.19 bits per heavy atom. The molecule has 0 aliphatic rings. The molecule has 0 radical (unpaired) electrons. The van der Waals surface area contributed by atoms with Crippen molar-refractivity contribution < 1.29 is 23.2 Å². The largest absolute Gasteiger partial charge is 0.496 e. The fraction of sp³-hybridized carbons (Fsp3) is 0.316. The minimum absolute atomic E-state index is 0.0338. The maximum atomic E-state index is 12.0. The van der Waals surface area contributed by atoms with Crippen molar-refractivity contribution in [2.45, 2.75) is 24.5 Å². The van der Waals surface area contributed by atoms with E-state index in [4.69, 9.17) is 9.94 Å². The zero-order chi connectivity index (χ0) is 19.4. The molecule has 0 aliphatic carbocycles. The lowest BCUT2D eigenvalue weighted by molar-refractivity contribution is -0.131. The molecular formula is C19H23NO5S. The smallest absolute Gasteiger partial charge is 0.264 e. The van der Waals surface area contributed by atoms with Crippen LogP contribution in [0.15, 0.2) is 48.5 Å². The van der Waals surface area contributed by atoms with E-state index in [0.717, 1.165) is 22.9 Å². The van der Waals surface area contributed by atoms with Crippen molar-refractivity contribution in [1.82, 2.24) is 5.48 Å². The third-order valence-electron chi connectivity index (χ3n) is 4.64. The predicted octanol–water partition coefficient (Wildman–Crippen LogP) is 2.60. The normalized spacial score (nSPS) is 13.7. The molecule has 7 heteroatoms. The van der Waals surface area contributed by atoms with E-state index in [1.165, 1.54) is 12.4 Å². The fourth-order valence-corrected chi connectivity index (χ4v) is 3.57. The fourth-order valence-electron chi connectivity index (χ4n) is 2.72. The van der Waals surface area contributed by atoms with Crippen molar-refractivity contribution in [2.24, 2.45) is 0 Å². The Hall–Kier alpha value is -2.38. The van der Waals surface area contributed by atoms with Gasteiger partial charge in [-0.05, 0) is 37.0 Å². The monoisotopic (exact) mass is 377 g/mol. The highest BCUT2D eigenvalue weighted by molar-refractivity contribution is 7.92. The molecular weight excluding hydrogens is 354 g/mol. The van der Waals surface area contributed by atoms with Crippen molar-refractivity contribution in [3.63, 3.8) is 0 Å². The number of rotatable bonds is 7. The Kier molecular flexibility index (Phi) is 6.05. The summed E-state index contributed by atoms with van der Waals surface area (Å²) in [6.45, 7) is 1.31. The first-order valence-corrected chi connectivity index (χ1v) is 9.98. The lowest BCUT2D eigenvalue weighted by Gasteiger charge is -2.25. The summed E-state index contributed by atoms with van der Waals surface area (Å²) in [7, 11) is -2.14. The zero-order valence-corrected chi connectivity index (χ0v) is 15.8. The summed E-state index contributed by atoms with van der Waals surface area (Å²) in [4.78, 5) is 11.9. The number of benzene rings is 2. The molecule has 0 aliphatic heterocycles. The van der Waals surface area contributed by atoms with Gasteiger partial charge in [0.1, 0.15) is 10.5 Å². The number of carbonyl (C=O) groups is 1. The van der Waals surface area contributed by atoms with Crippen molar-refractivity contribution in [3.8, 4) is 16.9 Å². The third-order valence-corrected chi connectivity index (χ3v) is 6.67. The second kappa shape index (κ2) is 7.88. The van der Waals surface area contributed by atoms with Gasteiger partial charge in [0.05, 0.1) is 7.11 Å². The zero-order valence-electron chi connectivity index (χ0n) is 15.0. The second-order valence-electron chi connectivity index (χ2n) is 6.34. The average Bonchev–Trinajstić information content (AvgIpc) is 2.64. The molecule has 0 saturated carbocycles. The van der Waals surface area contributed by atoms with Crippen LogP contribution in [0.3, 0.4) is 0 Å². The van der Waals surface area contributed by atoms with Crippen LogP contribution < -0.4 is 10.2 Å². The number of nitrogens with one attached hydrogen (secondary N) is 1. The summed E-state index contributed by atoms with van der Waals surface area (Å²) in [5, 5.41) is 8.89. The standard InChI is InChI=1S/C19H23NO5S/c1-19(18(21)20-22,26(3,23)24)12-11-14-9-10-16(17(13-14)25-2)15-7-5-4-6-8-15/h4-10,13,22H,11-12H2,1-3H3,(H,20,21). The molecule has 0 aromatic heterocycles. The molecule has 6 nitrogen and oxygen atoms in total. The molecule has 0 saturated heterocycles. The van der Waals surface area contributed by atoms with Crippen LogP contribution in [0.2, 0.25) is 0 Å². The number of hydrogen-bond donors (Lipinski definition) is 2. The van der Waals surface area contributed by atoms with E-state index in [0.29, 0.717) is 12.2 Å². The quantitative estimate of drug-likeness (QED) is 0.571. The summed E-state index contributed by atoms with van der Waals surface area (Å²) in [5.41, 5.74) is 4.23. The summed E-state index contributed by atoms with van der Waals surface area (Å²) >= 11 is 0. The molecule has 2 aromatic carbocycles. The minimum atomic E-state index is -3.72. The molecule has 1 amide bonds. The Labute approximate surface area is 153 Å². The Bertz CT molecular complexity index is 880. The number of amides is 1. The van der Waals surface area contributed by atoms with Crippen LogP contribution in [0.1, 0.15) is 18.9 Å². The number of aryl methyl sites for hydroxylation is 1. The number of sulfone groups is 1. The molecule has 26 heavy (non-hydrogen) atoms. The molecule has 0 bridgehead atoms. The van der Waals surface area contributed by atoms with Crippen molar-refractivity contribution in [2.75, 3.05) is 13.4 Å². The molecule has 0 heterocycles. The third kappa shape index (κ3) is 4.05. The van der Waals surface area contributed by atoms with Crippen molar-refractivity contribution >= 4 is 15.7 Å². The van der Waals surface area contributed by atoms with Gasteiger partial charge >= 0.3 is 0 Å². The second-order valence-corrected chi connectivity index (χ2v) is 8.79. The van der Waals surface area contributed by atoms with Gasteiger partial charge in [0, 0.05) is 11.8 Å². The van der Waals surface area contributed by atoms with E-state index in [1.807, 2.05) is 48.5 Å². The van der Waals surface area contributed by atoms with Crippen LogP contribution in [0.4, 0.5) is 0 Å². The lowest BCUT2D eigenvalue weighted by Crippen LogP contribution is -2.49. The topological polar surface area (TPSA) is 92.7 Å². The van der Waals surface area contributed by atoms with E-state index in [9.17, 15) is 13.2 Å². The van der Waals surface area contributed by atoms with E-state index >= 15 is 0 Å². The van der Waals surface area contributed by atoms with Gasteiger partial charge in [-0.1, -0.05) is 42.5 Å². The van der Waals surface area contributed by atoms with Crippen molar-refractivity contribution in [3.05, 3.63) is 54.1 Å². The first kappa shape index (κ1) is 19.9. The molecule has 1 atom stereocenters. The van der Waals surface area contributed by atoms with Crippen LogP contribution in [0.5, 0.6) is 5.75 Å². The van der Waals surface area contributed by atoms with Gasteiger partial charge in [0.15, 0.2) is 9.84 Å². The van der Waals surface area contributed by atoms with Gasteiger partial charge in [-0.3, -0.25) is 10.0 Å². The number of hydrogen-bond acceptors (Lipinski definition) is 5. The predicted molar refractivity (Wildman–Crippen MR) is 99.9 cm³/mol. The van der Waals surface area contributed by atoms with Crippen molar-refractivity contribution in [1.29, 1.82) is 0 Å². The SMILES string of the molecule is COc1cc(CCC(C)(C(=O)NO)S(C)(=O)=O)ccc1-c1ccccc1. The first-order valence-electron chi connectivity index (χ1n) is 8.09.